The molecule has 4 fully saturated rings. The topological polar surface area (TPSA) is 74.5 Å². The second-order valence-corrected chi connectivity index (χ2v) is 7.51. The summed E-state index contributed by atoms with van der Waals surface area (Å²) < 4.78 is 11.0. The minimum atomic E-state index is -0.216. The van der Waals surface area contributed by atoms with Crippen LogP contribution < -0.4 is 5.32 Å². The van der Waals surface area contributed by atoms with Gasteiger partial charge in [0.2, 0.25) is 0 Å². The summed E-state index contributed by atoms with van der Waals surface area (Å²) in [5, 5.41) is 3.13. The van der Waals surface area contributed by atoms with Crippen LogP contribution in [0.3, 0.4) is 0 Å². The molecule has 0 amide bonds. The van der Waals surface area contributed by atoms with Crippen LogP contribution in [0.1, 0.15) is 13.3 Å². The zero-order valence-electron chi connectivity index (χ0n) is 10.5. The van der Waals surface area contributed by atoms with Crippen LogP contribution in [0.15, 0.2) is 0 Å². The number of hydrogen-bond donors (Lipinski definition) is 1. The van der Waals surface area contributed by atoms with Crippen LogP contribution in [0.25, 0.3) is 0 Å². The first-order valence-electron chi connectivity index (χ1n) is 6.86. The number of rotatable bonds is 3. The minimum absolute atomic E-state index is 0.0467. The number of hydrogen-bond acceptors (Lipinski definition) is 5. The van der Waals surface area contributed by atoms with Crippen LogP contribution in [0.4, 0.5) is 0 Å². The molecule has 0 aromatic rings. The number of fused-ring (bicyclic) bond motifs is 1. The third kappa shape index (κ3) is 1.68. The van der Waals surface area contributed by atoms with Gasteiger partial charge in [-0.25, -0.2) is 0 Å². The van der Waals surface area contributed by atoms with Gasteiger partial charge in [-0.05, 0) is 12.3 Å². The van der Waals surface area contributed by atoms with Crippen LogP contribution in [-0.2, 0) is 19.1 Å². The number of carbonyl (C=O) groups excluding carboxylic acids is 2. The van der Waals surface area contributed by atoms with Gasteiger partial charge in [-0.1, -0.05) is 29.5 Å². The molecule has 0 spiro atoms. The Morgan fingerprint density at radius 3 is 2.95 bits per heavy atom. The molecule has 8 atom stereocenters. The number of carbonyl (C=O) groups is 2. The second-order valence-electron chi connectivity index (χ2n) is 6.17. The van der Waals surface area contributed by atoms with Crippen molar-refractivity contribution in [2.24, 2.45) is 23.7 Å². The van der Waals surface area contributed by atoms with E-state index in [1.807, 2.05) is 0 Å². The van der Waals surface area contributed by atoms with Crippen molar-refractivity contribution >= 4 is 34.5 Å². The third-order valence-corrected chi connectivity index (χ3v) is 6.59. The maximum atomic E-state index is 12.1. The smallest absolute Gasteiger partial charge is 0.320 e. The van der Waals surface area contributed by atoms with Crippen molar-refractivity contribution in [3.05, 3.63) is 0 Å². The molecule has 8 unspecified atom stereocenters. The van der Waals surface area contributed by atoms with Crippen LogP contribution >= 0.6 is 22.6 Å². The lowest BCUT2D eigenvalue weighted by Gasteiger charge is -2.29. The summed E-state index contributed by atoms with van der Waals surface area (Å²) in [6.45, 7) is 2.97. The van der Waals surface area contributed by atoms with Crippen LogP contribution in [0.2, 0.25) is 0 Å². The highest BCUT2D eigenvalue weighted by Gasteiger charge is 2.66. The van der Waals surface area contributed by atoms with E-state index in [1.165, 1.54) is 0 Å². The van der Waals surface area contributed by atoms with Crippen LogP contribution in [0.5, 0.6) is 0 Å². The van der Waals surface area contributed by atoms with Crippen molar-refractivity contribution in [3.8, 4) is 0 Å². The van der Waals surface area contributed by atoms with Gasteiger partial charge in [-0.2, -0.15) is 0 Å². The number of nitrogens with one attached hydrogen (secondary N) is 1. The Bertz CT molecular complexity index is 452. The fourth-order valence-corrected chi connectivity index (χ4v) is 4.80. The van der Waals surface area contributed by atoms with E-state index < -0.39 is 0 Å². The Kier molecular flexibility index (Phi) is 2.65. The van der Waals surface area contributed by atoms with Crippen molar-refractivity contribution in [3.63, 3.8) is 0 Å². The zero-order chi connectivity index (χ0) is 13.3. The molecule has 2 aliphatic carbocycles. The van der Waals surface area contributed by atoms with Gasteiger partial charge in [0.1, 0.15) is 16.1 Å². The summed E-state index contributed by atoms with van der Waals surface area (Å²) >= 11 is 2.13. The van der Waals surface area contributed by atoms with Crippen molar-refractivity contribution in [2.75, 3.05) is 6.54 Å². The molecule has 4 aliphatic rings. The quantitative estimate of drug-likeness (QED) is 0.336. The SMILES string of the molecule is CC1C2CC3C(OC(=O)C13)C2OC(=O)C(I)C1CN1. The van der Waals surface area contributed by atoms with E-state index in [0.717, 1.165) is 13.0 Å². The summed E-state index contributed by atoms with van der Waals surface area (Å²) in [6.07, 6.45) is 0.568. The standard InChI is InChI=1S/C13H16INO4/c1-4-5-2-6-8(4)12(16)18-11(6)10(5)19-13(17)9(14)7-3-15-7/h4-11,15H,2-3H2,1H3. The highest BCUT2D eigenvalue weighted by Crippen LogP contribution is 2.58. The number of esters is 2. The predicted octanol–water partition coefficient (Wildman–Crippen LogP) is 0.501. The van der Waals surface area contributed by atoms with Gasteiger partial charge in [-0.15, -0.1) is 0 Å². The summed E-state index contributed by atoms with van der Waals surface area (Å²) in [5.41, 5.74) is 0. The van der Waals surface area contributed by atoms with E-state index in [2.05, 4.69) is 34.8 Å². The van der Waals surface area contributed by atoms with E-state index in [-0.39, 0.29) is 51.9 Å². The average Bonchev–Trinajstić information content (AvgIpc) is 3.02. The number of ether oxygens (including phenoxy) is 2. The molecule has 2 saturated carbocycles. The Morgan fingerprint density at radius 1 is 1.53 bits per heavy atom. The fraction of sp³-hybridized carbons (Fsp3) is 0.846. The number of halogens is 1. The summed E-state index contributed by atoms with van der Waals surface area (Å²) in [6, 6.07) is 0.253. The minimum Gasteiger partial charge on any atom is -0.458 e. The van der Waals surface area contributed by atoms with E-state index in [1.54, 1.807) is 0 Å². The number of alkyl halides is 1. The third-order valence-electron chi connectivity index (χ3n) is 5.21. The van der Waals surface area contributed by atoms with Gasteiger partial charge in [0, 0.05) is 24.4 Å². The molecule has 2 saturated heterocycles. The Morgan fingerprint density at radius 2 is 2.26 bits per heavy atom. The van der Waals surface area contributed by atoms with Gasteiger partial charge in [-0.3, -0.25) is 9.59 Å². The molecule has 19 heavy (non-hydrogen) atoms. The highest BCUT2D eigenvalue weighted by atomic mass is 127. The molecule has 4 rings (SSSR count). The van der Waals surface area contributed by atoms with Crippen molar-refractivity contribution in [1.82, 2.24) is 5.32 Å². The maximum Gasteiger partial charge on any atom is 0.320 e. The van der Waals surface area contributed by atoms with Gasteiger partial charge in [0.15, 0.2) is 0 Å². The highest BCUT2D eigenvalue weighted by molar-refractivity contribution is 14.1. The molecular weight excluding hydrogens is 361 g/mol. The monoisotopic (exact) mass is 377 g/mol. The molecule has 0 radical (unpaired) electrons. The van der Waals surface area contributed by atoms with Crippen LogP contribution in [-0.4, -0.2) is 40.7 Å². The first-order chi connectivity index (χ1) is 9.08. The van der Waals surface area contributed by atoms with E-state index >= 15 is 0 Å². The Balaban J connectivity index is 1.50. The summed E-state index contributed by atoms with van der Waals surface area (Å²) in [4.78, 5) is 23.9. The lowest BCUT2D eigenvalue weighted by atomic mass is 9.80. The average molecular weight is 377 g/mol. The normalized spacial score (nSPS) is 51.1. The molecule has 6 heteroatoms. The zero-order valence-corrected chi connectivity index (χ0v) is 12.7. The Hall–Kier alpha value is -0.370. The van der Waals surface area contributed by atoms with Gasteiger partial charge in [0.25, 0.3) is 0 Å². The maximum absolute atomic E-state index is 12.1. The van der Waals surface area contributed by atoms with E-state index in [0.29, 0.717) is 5.92 Å². The molecule has 104 valence electrons. The van der Waals surface area contributed by atoms with Crippen molar-refractivity contribution in [1.29, 1.82) is 0 Å². The fourth-order valence-electron chi connectivity index (χ4n) is 4.14. The summed E-state index contributed by atoms with van der Waals surface area (Å²) in [5.74, 6) is 0.646. The first kappa shape index (κ1) is 12.4. The molecule has 2 heterocycles. The van der Waals surface area contributed by atoms with E-state index in [4.69, 9.17) is 9.47 Å². The van der Waals surface area contributed by atoms with Gasteiger partial charge in [0.05, 0.1) is 5.92 Å². The van der Waals surface area contributed by atoms with Crippen LogP contribution in [0, 0.1) is 23.7 Å². The molecule has 2 aliphatic heterocycles. The lowest BCUT2D eigenvalue weighted by Crippen LogP contribution is -2.41. The molecular formula is C13H16INO4. The van der Waals surface area contributed by atoms with Crippen molar-refractivity contribution in [2.45, 2.75) is 35.5 Å². The van der Waals surface area contributed by atoms with Gasteiger partial charge >= 0.3 is 11.9 Å². The predicted molar refractivity (Wildman–Crippen MR) is 73.6 cm³/mol. The lowest BCUT2D eigenvalue weighted by molar-refractivity contribution is -0.161. The first-order valence-corrected chi connectivity index (χ1v) is 8.11. The van der Waals surface area contributed by atoms with Gasteiger partial charge < -0.3 is 14.8 Å². The Labute approximate surface area is 124 Å². The largest absolute Gasteiger partial charge is 0.458 e. The van der Waals surface area contributed by atoms with Crippen molar-refractivity contribution < 1.29 is 19.1 Å². The molecule has 5 nitrogen and oxygen atoms in total. The molecule has 2 bridgehead atoms. The van der Waals surface area contributed by atoms with E-state index in [9.17, 15) is 9.59 Å². The molecule has 0 aromatic carbocycles. The molecule has 0 aromatic heterocycles. The molecule has 1 N–H and O–H groups in total. The summed E-state index contributed by atoms with van der Waals surface area (Å²) in [7, 11) is 0. The second kappa shape index (κ2) is 4.07.